The van der Waals surface area contributed by atoms with Crippen LogP contribution >= 0.6 is 0 Å². The van der Waals surface area contributed by atoms with Crippen molar-refractivity contribution in [3.63, 3.8) is 0 Å². The molecule has 0 spiro atoms. The molecule has 2 N–H and O–H groups in total. The molecule has 6 nitrogen and oxygen atoms in total. The van der Waals surface area contributed by atoms with Crippen molar-refractivity contribution in [2.24, 2.45) is 0 Å². The molecule has 0 aliphatic rings. The molecule has 16 heavy (non-hydrogen) atoms. The van der Waals surface area contributed by atoms with E-state index in [-0.39, 0.29) is 12.0 Å². The van der Waals surface area contributed by atoms with Crippen LogP contribution in [0.15, 0.2) is 11.8 Å². The fourth-order valence-corrected chi connectivity index (χ4v) is 0.787. The third kappa shape index (κ3) is 5.65. The summed E-state index contributed by atoms with van der Waals surface area (Å²) in [7, 11) is 0. The number of nitrogens with zero attached hydrogens (tertiary/aromatic N) is 1. The quantitative estimate of drug-likeness (QED) is 0.557. The molecule has 0 fully saturated rings. The molecule has 88 valence electrons. The number of rotatable bonds is 4. The number of carbonyl (C=O) groups is 2. The van der Waals surface area contributed by atoms with Gasteiger partial charge in [-0.2, -0.15) is 5.26 Å². The fourth-order valence-electron chi connectivity index (χ4n) is 0.787. The van der Waals surface area contributed by atoms with Gasteiger partial charge in [0, 0.05) is 6.20 Å². The normalized spacial score (nSPS) is 11.5. The van der Waals surface area contributed by atoms with Crippen molar-refractivity contribution in [2.45, 2.75) is 32.8 Å². The number of esters is 1. The number of amides is 1. The summed E-state index contributed by atoms with van der Waals surface area (Å²) in [6.45, 7) is 4.62. The summed E-state index contributed by atoms with van der Waals surface area (Å²) in [4.78, 5) is 21.6. The zero-order chi connectivity index (χ0) is 12.8. The first-order chi connectivity index (χ1) is 7.28. The number of nitriles is 1. The number of nitrogens with one attached hydrogen (secondary N) is 1. The molecule has 0 aliphatic carbocycles. The molecule has 0 saturated carbocycles. The number of carboxylic acid groups (broad SMARTS) is 1. The van der Waals surface area contributed by atoms with E-state index in [2.05, 4.69) is 0 Å². The van der Waals surface area contributed by atoms with E-state index in [1.807, 2.05) is 11.4 Å². The molecule has 0 heterocycles. The zero-order valence-corrected chi connectivity index (χ0v) is 9.40. The average Bonchev–Trinajstić information content (AvgIpc) is 2.12. The van der Waals surface area contributed by atoms with Crippen LogP contribution in [0.4, 0.5) is 4.79 Å². The molecule has 0 aromatic heterocycles. The summed E-state index contributed by atoms with van der Waals surface area (Å²) in [5, 5.41) is 18.7. The fraction of sp³-hybridized carbons (Fsp3) is 0.500. The summed E-state index contributed by atoms with van der Waals surface area (Å²) in [6.07, 6.45) is -0.158. The van der Waals surface area contributed by atoms with Crippen molar-refractivity contribution in [3.05, 3.63) is 11.8 Å². The molecule has 1 amide bonds. The lowest BCUT2D eigenvalue weighted by atomic mass is 10.1. The SMILES string of the molecule is CC(=CNC(=O)O)C(=O)OC(C)(C)CC#N. The Balaban J connectivity index is 4.42. The van der Waals surface area contributed by atoms with Gasteiger partial charge in [0.15, 0.2) is 0 Å². The summed E-state index contributed by atoms with van der Waals surface area (Å²) in [5.41, 5.74) is -0.766. The van der Waals surface area contributed by atoms with Gasteiger partial charge in [-0.3, -0.25) is 5.32 Å². The molecule has 0 rings (SSSR count). The number of carbonyl (C=O) groups excluding carboxylic acids is 1. The topological polar surface area (TPSA) is 99.4 Å². The Morgan fingerprint density at radius 2 is 2.12 bits per heavy atom. The van der Waals surface area contributed by atoms with Crippen LogP contribution in [0.3, 0.4) is 0 Å². The molecule has 0 saturated heterocycles. The molecule has 0 radical (unpaired) electrons. The Morgan fingerprint density at radius 1 is 1.56 bits per heavy atom. The lowest BCUT2D eigenvalue weighted by Crippen LogP contribution is -2.28. The minimum Gasteiger partial charge on any atom is -0.465 e. The van der Waals surface area contributed by atoms with Gasteiger partial charge in [-0.05, 0) is 20.8 Å². The van der Waals surface area contributed by atoms with Crippen LogP contribution in [0.5, 0.6) is 0 Å². The number of hydrogen-bond donors (Lipinski definition) is 2. The van der Waals surface area contributed by atoms with Crippen LogP contribution in [-0.4, -0.2) is 22.8 Å². The van der Waals surface area contributed by atoms with Crippen LogP contribution in [0.25, 0.3) is 0 Å². The third-order valence-electron chi connectivity index (χ3n) is 1.61. The van der Waals surface area contributed by atoms with Gasteiger partial charge >= 0.3 is 12.1 Å². The molecule has 0 aromatic rings. The maximum atomic E-state index is 11.4. The third-order valence-corrected chi connectivity index (χ3v) is 1.61. The molecule has 0 atom stereocenters. The first kappa shape index (κ1) is 14.0. The van der Waals surface area contributed by atoms with Gasteiger partial charge < -0.3 is 9.84 Å². The molecule has 0 bridgehead atoms. The molecule has 0 aliphatic heterocycles. The Bertz CT molecular complexity index is 352. The van der Waals surface area contributed by atoms with Gasteiger partial charge in [-0.25, -0.2) is 9.59 Å². The van der Waals surface area contributed by atoms with Gasteiger partial charge in [-0.1, -0.05) is 0 Å². The van der Waals surface area contributed by atoms with Gasteiger partial charge in [0.2, 0.25) is 0 Å². The molecular formula is C10H14N2O4. The van der Waals surface area contributed by atoms with E-state index in [1.54, 1.807) is 13.8 Å². The minimum atomic E-state index is -1.26. The lowest BCUT2D eigenvalue weighted by molar-refractivity contribution is -0.150. The highest BCUT2D eigenvalue weighted by atomic mass is 16.6. The second kappa shape index (κ2) is 5.75. The van der Waals surface area contributed by atoms with Crippen molar-refractivity contribution >= 4 is 12.1 Å². The van der Waals surface area contributed by atoms with Crippen molar-refractivity contribution in [1.29, 1.82) is 5.26 Å². The largest absolute Gasteiger partial charge is 0.465 e. The molecule has 0 aromatic carbocycles. The van der Waals surface area contributed by atoms with E-state index in [1.165, 1.54) is 6.92 Å². The minimum absolute atomic E-state index is 0.0678. The Kier molecular flexibility index (Phi) is 5.02. The van der Waals surface area contributed by atoms with E-state index < -0.39 is 17.7 Å². The van der Waals surface area contributed by atoms with Crippen molar-refractivity contribution in [3.8, 4) is 6.07 Å². The average molecular weight is 226 g/mol. The van der Waals surface area contributed by atoms with Crippen molar-refractivity contribution < 1.29 is 19.4 Å². The first-order valence-corrected chi connectivity index (χ1v) is 4.55. The van der Waals surface area contributed by atoms with Gasteiger partial charge in [-0.15, -0.1) is 0 Å². The van der Waals surface area contributed by atoms with Crippen molar-refractivity contribution in [1.82, 2.24) is 5.32 Å². The predicted molar refractivity (Wildman–Crippen MR) is 55.3 cm³/mol. The Hall–Kier alpha value is -2.03. The van der Waals surface area contributed by atoms with E-state index in [9.17, 15) is 9.59 Å². The standard InChI is InChI=1S/C10H14N2O4/c1-7(6-12-9(14)15)8(13)16-10(2,3)4-5-11/h6,12H,4H2,1-3H3,(H,14,15). The van der Waals surface area contributed by atoms with Gasteiger partial charge in [0.25, 0.3) is 0 Å². The van der Waals surface area contributed by atoms with Gasteiger partial charge in [0.1, 0.15) is 5.60 Å². The van der Waals surface area contributed by atoms with E-state index >= 15 is 0 Å². The zero-order valence-electron chi connectivity index (χ0n) is 9.40. The maximum Gasteiger partial charge on any atom is 0.408 e. The van der Waals surface area contributed by atoms with Crippen LogP contribution in [-0.2, 0) is 9.53 Å². The second-order valence-electron chi connectivity index (χ2n) is 3.76. The first-order valence-electron chi connectivity index (χ1n) is 4.55. The van der Waals surface area contributed by atoms with Gasteiger partial charge in [0.05, 0.1) is 18.1 Å². The molecule has 6 heteroatoms. The van der Waals surface area contributed by atoms with E-state index in [0.29, 0.717) is 0 Å². The number of hydrogen-bond acceptors (Lipinski definition) is 4. The Morgan fingerprint density at radius 3 is 2.56 bits per heavy atom. The predicted octanol–water partition coefficient (Wildman–Crippen LogP) is 1.39. The smallest absolute Gasteiger partial charge is 0.408 e. The lowest BCUT2D eigenvalue weighted by Gasteiger charge is -2.21. The second-order valence-corrected chi connectivity index (χ2v) is 3.76. The van der Waals surface area contributed by atoms with E-state index in [0.717, 1.165) is 6.20 Å². The van der Waals surface area contributed by atoms with E-state index in [4.69, 9.17) is 15.1 Å². The summed E-state index contributed by atoms with van der Waals surface area (Å²) >= 11 is 0. The Labute approximate surface area is 93.5 Å². The highest BCUT2D eigenvalue weighted by molar-refractivity contribution is 5.88. The highest BCUT2D eigenvalue weighted by Gasteiger charge is 2.23. The molecule has 0 unspecified atom stereocenters. The summed E-state index contributed by atoms with van der Waals surface area (Å²) < 4.78 is 5.01. The number of ether oxygens (including phenoxy) is 1. The van der Waals surface area contributed by atoms with Crippen LogP contribution in [0, 0.1) is 11.3 Å². The summed E-state index contributed by atoms with van der Waals surface area (Å²) in [6, 6.07) is 1.90. The van der Waals surface area contributed by atoms with Crippen LogP contribution in [0.1, 0.15) is 27.2 Å². The van der Waals surface area contributed by atoms with Crippen LogP contribution < -0.4 is 5.32 Å². The molecular weight excluding hydrogens is 212 g/mol. The monoisotopic (exact) mass is 226 g/mol. The highest BCUT2D eigenvalue weighted by Crippen LogP contribution is 2.15. The van der Waals surface area contributed by atoms with Crippen LogP contribution in [0.2, 0.25) is 0 Å². The van der Waals surface area contributed by atoms with Crippen molar-refractivity contribution in [2.75, 3.05) is 0 Å². The summed E-state index contributed by atoms with van der Waals surface area (Å²) in [5.74, 6) is -0.658. The maximum absolute atomic E-state index is 11.4.